The molecule has 0 spiro atoms. The number of anilines is 2. The maximum Gasteiger partial charge on any atom is 0.148 e. The molecule has 3 rings (SSSR count). The summed E-state index contributed by atoms with van der Waals surface area (Å²) in [5.74, 6) is 8.69. The van der Waals surface area contributed by atoms with Gasteiger partial charge in [0.05, 0.1) is 0 Å². The third-order valence-electron chi connectivity index (χ3n) is 4.40. The molecule has 0 aromatic carbocycles. The van der Waals surface area contributed by atoms with Gasteiger partial charge in [-0.05, 0) is 39.2 Å². The molecule has 2 fully saturated rings. The molecule has 1 aromatic rings. The van der Waals surface area contributed by atoms with Crippen LogP contribution in [-0.2, 0) is 0 Å². The molecule has 0 bridgehead atoms. The summed E-state index contributed by atoms with van der Waals surface area (Å²) >= 11 is 0. The molecule has 2 aliphatic rings. The SMILES string of the molecule is CCN(CCNc1nc(C2CC2)nc(NN)c1C)C1CC1. The van der Waals surface area contributed by atoms with Crippen LogP contribution in [0.4, 0.5) is 11.6 Å². The van der Waals surface area contributed by atoms with Crippen LogP contribution in [0.25, 0.3) is 0 Å². The molecule has 0 atom stereocenters. The van der Waals surface area contributed by atoms with Crippen molar-refractivity contribution in [2.45, 2.75) is 51.5 Å². The third kappa shape index (κ3) is 3.44. The highest BCUT2D eigenvalue weighted by molar-refractivity contribution is 5.57. The second kappa shape index (κ2) is 6.15. The molecule has 116 valence electrons. The number of nitrogens with zero attached hydrogens (tertiary/aromatic N) is 3. The Hall–Kier alpha value is -1.40. The number of aromatic nitrogens is 2. The Kier molecular flexibility index (Phi) is 4.26. The molecule has 0 saturated heterocycles. The first-order chi connectivity index (χ1) is 10.2. The monoisotopic (exact) mass is 290 g/mol. The fourth-order valence-corrected chi connectivity index (χ4v) is 2.73. The van der Waals surface area contributed by atoms with Gasteiger partial charge in [-0.1, -0.05) is 6.92 Å². The first-order valence-corrected chi connectivity index (χ1v) is 8.06. The number of nitrogen functional groups attached to an aromatic ring is 1. The number of hydrazine groups is 1. The first kappa shape index (κ1) is 14.5. The maximum absolute atomic E-state index is 5.58. The molecule has 0 aliphatic heterocycles. The summed E-state index contributed by atoms with van der Waals surface area (Å²) in [6.07, 6.45) is 5.09. The van der Waals surface area contributed by atoms with E-state index in [1.165, 1.54) is 25.7 Å². The molecule has 2 aliphatic carbocycles. The fraction of sp³-hybridized carbons (Fsp3) is 0.733. The maximum atomic E-state index is 5.58. The minimum absolute atomic E-state index is 0.525. The third-order valence-corrected chi connectivity index (χ3v) is 4.40. The van der Waals surface area contributed by atoms with Crippen LogP contribution < -0.4 is 16.6 Å². The average Bonchev–Trinajstić information content (AvgIpc) is 3.37. The lowest BCUT2D eigenvalue weighted by molar-refractivity contribution is 0.289. The molecule has 2 saturated carbocycles. The fourth-order valence-electron chi connectivity index (χ4n) is 2.73. The van der Waals surface area contributed by atoms with E-state index in [0.29, 0.717) is 5.92 Å². The van der Waals surface area contributed by atoms with Gasteiger partial charge >= 0.3 is 0 Å². The Morgan fingerprint density at radius 3 is 2.48 bits per heavy atom. The van der Waals surface area contributed by atoms with Crippen molar-refractivity contribution in [3.63, 3.8) is 0 Å². The molecular weight excluding hydrogens is 264 g/mol. The van der Waals surface area contributed by atoms with E-state index in [9.17, 15) is 0 Å². The average molecular weight is 290 g/mol. The van der Waals surface area contributed by atoms with Gasteiger partial charge in [0.15, 0.2) is 0 Å². The van der Waals surface area contributed by atoms with Crippen LogP contribution in [0.15, 0.2) is 0 Å². The Morgan fingerprint density at radius 2 is 1.90 bits per heavy atom. The Morgan fingerprint density at radius 1 is 1.19 bits per heavy atom. The van der Waals surface area contributed by atoms with E-state index >= 15 is 0 Å². The molecule has 1 aromatic heterocycles. The zero-order valence-corrected chi connectivity index (χ0v) is 13.0. The summed E-state index contributed by atoms with van der Waals surface area (Å²) in [5.41, 5.74) is 3.69. The predicted molar refractivity (Wildman–Crippen MR) is 85.3 cm³/mol. The van der Waals surface area contributed by atoms with E-state index in [1.807, 2.05) is 6.92 Å². The van der Waals surface area contributed by atoms with Crippen molar-refractivity contribution in [3.8, 4) is 0 Å². The summed E-state index contributed by atoms with van der Waals surface area (Å²) in [7, 11) is 0. The van der Waals surface area contributed by atoms with Crippen LogP contribution in [0.1, 0.15) is 49.9 Å². The number of rotatable bonds is 8. The van der Waals surface area contributed by atoms with Crippen LogP contribution >= 0.6 is 0 Å². The molecule has 4 N–H and O–H groups in total. The summed E-state index contributed by atoms with van der Waals surface area (Å²) in [6, 6.07) is 0.812. The lowest BCUT2D eigenvalue weighted by Gasteiger charge is -2.20. The minimum Gasteiger partial charge on any atom is -0.368 e. The number of hydrogen-bond acceptors (Lipinski definition) is 6. The van der Waals surface area contributed by atoms with E-state index in [-0.39, 0.29) is 0 Å². The largest absolute Gasteiger partial charge is 0.368 e. The van der Waals surface area contributed by atoms with Crippen molar-refractivity contribution in [1.29, 1.82) is 0 Å². The van der Waals surface area contributed by atoms with Gasteiger partial charge in [0.1, 0.15) is 17.5 Å². The van der Waals surface area contributed by atoms with Gasteiger partial charge in [0.25, 0.3) is 0 Å². The van der Waals surface area contributed by atoms with Crippen LogP contribution in [-0.4, -0.2) is 40.5 Å². The zero-order valence-electron chi connectivity index (χ0n) is 13.0. The molecular formula is C15H26N6. The Bertz CT molecular complexity index is 495. The molecule has 0 amide bonds. The normalized spacial score (nSPS) is 18.1. The Balaban J connectivity index is 1.64. The number of nitrogens with one attached hydrogen (secondary N) is 2. The van der Waals surface area contributed by atoms with Crippen LogP contribution in [0.3, 0.4) is 0 Å². The molecule has 0 radical (unpaired) electrons. The van der Waals surface area contributed by atoms with Crippen molar-refractivity contribution in [3.05, 3.63) is 11.4 Å². The second-order valence-corrected chi connectivity index (χ2v) is 6.11. The van der Waals surface area contributed by atoms with E-state index in [0.717, 1.165) is 48.7 Å². The van der Waals surface area contributed by atoms with E-state index in [4.69, 9.17) is 5.84 Å². The molecule has 0 unspecified atom stereocenters. The van der Waals surface area contributed by atoms with Gasteiger partial charge in [-0.2, -0.15) is 0 Å². The quantitative estimate of drug-likeness (QED) is 0.501. The topological polar surface area (TPSA) is 79.1 Å². The van der Waals surface area contributed by atoms with Gasteiger partial charge in [-0.15, -0.1) is 0 Å². The van der Waals surface area contributed by atoms with Crippen molar-refractivity contribution in [2.75, 3.05) is 30.4 Å². The number of likely N-dealkylation sites (N-methyl/N-ethyl adjacent to an activating group) is 1. The van der Waals surface area contributed by atoms with Crippen molar-refractivity contribution in [1.82, 2.24) is 14.9 Å². The summed E-state index contributed by atoms with van der Waals surface area (Å²) < 4.78 is 0. The van der Waals surface area contributed by atoms with Crippen molar-refractivity contribution in [2.24, 2.45) is 5.84 Å². The van der Waals surface area contributed by atoms with Crippen LogP contribution in [0.5, 0.6) is 0 Å². The van der Waals surface area contributed by atoms with Gasteiger partial charge in [0, 0.05) is 30.6 Å². The second-order valence-electron chi connectivity index (χ2n) is 6.11. The molecule has 21 heavy (non-hydrogen) atoms. The van der Waals surface area contributed by atoms with Crippen LogP contribution in [0.2, 0.25) is 0 Å². The first-order valence-electron chi connectivity index (χ1n) is 8.06. The van der Waals surface area contributed by atoms with Crippen molar-refractivity contribution >= 4 is 11.6 Å². The van der Waals surface area contributed by atoms with Crippen LogP contribution in [0, 0.1) is 6.92 Å². The Labute approximate surface area is 126 Å². The summed E-state index contributed by atoms with van der Waals surface area (Å²) in [5, 5.41) is 3.47. The van der Waals surface area contributed by atoms with E-state index in [2.05, 4.69) is 32.5 Å². The minimum atomic E-state index is 0.525. The van der Waals surface area contributed by atoms with Gasteiger partial charge < -0.3 is 10.7 Å². The molecule has 1 heterocycles. The van der Waals surface area contributed by atoms with E-state index < -0.39 is 0 Å². The molecule has 6 nitrogen and oxygen atoms in total. The highest BCUT2D eigenvalue weighted by Gasteiger charge is 2.29. The highest BCUT2D eigenvalue weighted by atomic mass is 15.3. The standard InChI is InChI=1S/C15H26N6/c1-3-21(12-6-7-12)9-8-17-13-10(2)14(20-16)19-15(18-13)11-4-5-11/h11-12H,3-9,16H2,1-2H3,(H2,17,18,19,20). The van der Waals surface area contributed by atoms with E-state index in [1.54, 1.807) is 0 Å². The lowest BCUT2D eigenvalue weighted by Crippen LogP contribution is -2.31. The summed E-state index contributed by atoms with van der Waals surface area (Å²) in [4.78, 5) is 11.7. The van der Waals surface area contributed by atoms with Gasteiger partial charge in [0.2, 0.25) is 0 Å². The predicted octanol–water partition coefficient (Wildman–Crippen LogP) is 1.84. The zero-order chi connectivity index (χ0) is 14.8. The number of nitrogens with two attached hydrogens (primary N) is 1. The van der Waals surface area contributed by atoms with Gasteiger partial charge in [-0.3, -0.25) is 4.90 Å². The summed E-state index contributed by atoms with van der Waals surface area (Å²) in [6.45, 7) is 7.34. The van der Waals surface area contributed by atoms with Gasteiger partial charge in [-0.25, -0.2) is 15.8 Å². The smallest absolute Gasteiger partial charge is 0.148 e. The van der Waals surface area contributed by atoms with Crippen molar-refractivity contribution < 1.29 is 0 Å². The lowest BCUT2D eigenvalue weighted by atomic mass is 10.2. The highest BCUT2D eigenvalue weighted by Crippen LogP contribution is 2.39. The molecule has 6 heteroatoms. The number of hydrogen-bond donors (Lipinski definition) is 3.